The standard InChI is InChI=1S/C8H14Cl2O/c1-2-3-4-5-6-7(9)8(10)11/h7H,2-6H2,1H3. The van der Waals surface area contributed by atoms with Gasteiger partial charge in [0.2, 0.25) is 5.24 Å². The molecule has 0 saturated carbocycles. The lowest BCUT2D eigenvalue weighted by atomic mass is 10.1. The van der Waals surface area contributed by atoms with Crippen LogP contribution in [0.2, 0.25) is 0 Å². The van der Waals surface area contributed by atoms with Crippen LogP contribution in [0.4, 0.5) is 0 Å². The molecule has 0 heterocycles. The van der Waals surface area contributed by atoms with Crippen LogP contribution in [0.1, 0.15) is 39.0 Å². The molecule has 0 saturated heterocycles. The van der Waals surface area contributed by atoms with Gasteiger partial charge in [-0.3, -0.25) is 4.79 Å². The van der Waals surface area contributed by atoms with Gasteiger partial charge in [-0.2, -0.15) is 0 Å². The molecule has 66 valence electrons. The third-order valence-electron chi connectivity index (χ3n) is 1.56. The van der Waals surface area contributed by atoms with Gasteiger partial charge >= 0.3 is 0 Å². The second kappa shape index (κ2) is 6.93. The Morgan fingerprint density at radius 2 is 2.00 bits per heavy atom. The minimum absolute atomic E-state index is 0.428. The van der Waals surface area contributed by atoms with Crippen molar-refractivity contribution in [3.8, 4) is 0 Å². The number of unbranched alkanes of at least 4 members (excludes halogenated alkanes) is 3. The second-order valence-electron chi connectivity index (χ2n) is 2.62. The van der Waals surface area contributed by atoms with Crippen molar-refractivity contribution in [3.05, 3.63) is 0 Å². The van der Waals surface area contributed by atoms with Gasteiger partial charge in [-0.05, 0) is 18.0 Å². The fraction of sp³-hybridized carbons (Fsp3) is 0.875. The lowest BCUT2D eigenvalue weighted by Crippen LogP contribution is -2.06. The van der Waals surface area contributed by atoms with Crippen molar-refractivity contribution in [2.45, 2.75) is 44.4 Å². The molecular formula is C8H14Cl2O. The van der Waals surface area contributed by atoms with Gasteiger partial charge in [-0.15, -0.1) is 11.6 Å². The minimum Gasteiger partial charge on any atom is -0.280 e. The molecule has 11 heavy (non-hydrogen) atoms. The number of halogens is 2. The van der Waals surface area contributed by atoms with Crippen molar-refractivity contribution in [1.82, 2.24) is 0 Å². The molecule has 0 aromatic carbocycles. The molecule has 0 aromatic heterocycles. The Kier molecular flexibility index (Phi) is 7.09. The van der Waals surface area contributed by atoms with E-state index in [0.29, 0.717) is 6.42 Å². The van der Waals surface area contributed by atoms with Crippen LogP contribution in [0.15, 0.2) is 0 Å². The number of rotatable bonds is 6. The monoisotopic (exact) mass is 196 g/mol. The highest BCUT2D eigenvalue weighted by Gasteiger charge is 2.10. The molecule has 0 bridgehead atoms. The Labute approximate surface area is 78.1 Å². The van der Waals surface area contributed by atoms with Gasteiger partial charge in [-0.25, -0.2) is 0 Å². The van der Waals surface area contributed by atoms with Gasteiger partial charge < -0.3 is 0 Å². The summed E-state index contributed by atoms with van der Waals surface area (Å²) in [4.78, 5) is 10.4. The van der Waals surface area contributed by atoms with Crippen LogP contribution in [-0.4, -0.2) is 10.6 Å². The molecule has 1 atom stereocenters. The first-order chi connectivity index (χ1) is 5.18. The van der Waals surface area contributed by atoms with Gasteiger partial charge in [0.05, 0.1) is 0 Å². The van der Waals surface area contributed by atoms with E-state index in [1.807, 2.05) is 0 Å². The molecule has 0 radical (unpaired) electrons. The molecule has 0 fully saturated rings. The van der Waals surface area contributed by atoms with Crippen molar-refractivity contribution in [2.24, 2.45) is 0 Å². The molecule has 3 heteroatoms. The van der Waals surface area contributed by atoms with Crippen LogP contribution in [0, 0.1) is 0 Å². The maximum Gasteiger partial charge on any atom is 0.239 e. The highest BCUT2D eigenvalue weighted by molar-refractivity contribution is 6.69. The van der Waals surface area contributed by atoms with Crippen molar-refractivity contribution >= 4 is 28.4 Å². The third kappa shape index (κ3) is 6.64. The predicted molar refractivity (Wildman–Crippen MR) is 49.3 cm³/mol. The van der Waals surface area contributed by atoms with Crippen molar-refractivity contribution in [1.29, 1.82) is 0 Å². The number of carbonyl (C=O) groups is 1. The van der Waals surface area contributed by atoms with Crippen molar-refractivity contribution in [2.75, 3.05) is 0 Å². The molecule has 0 aromatic rings. The SMILES string of the molecule is CCCCCCC(Cl)C(=O)Cl. The molecule has 0 amide bonds. The molecule has 1 nitrogen and oxygen atoms in total. The summed E-state index contributed by atoms with van der Waals surface area (Å²) < 4.78 is 0. The van der Waals surface area contributed by atoms with E-state index < -0.39 is 10.6 Å². The molecule has 0 aliphatic heterocycles. The van der Waals surface area contributed by atoms with Crippen LogP contribution in [0.5, 0.6) is 0 Å². The lowest BCUT2D eigenvalue weighted by molar-refractivity contribution is -0.111. The number of hydrogen-bond donors (Lipinski definition) is 0. The number of carbonyl (C=O) groups excluding carboxylic acids is 1. The number of alkyl halides is 1. The van der Waals surface area contributed by atoms with Crippen molar-refractivity contribution in [3.63, 3.8) is 0 Å². The number of hydrogen-bond acceptors (Lipinski definition) is 1. The summed E-state index contributed by atoms with van der Waals surface area (Å²) in [5.41, 5.74) is 0. The summed E-state index contributed by atoms with van der Waals surface area (Å²) >= 11 is 10.8. The fourth-order valence-electron chi connectivity index (χ4n) is 0.864. The van der Waals surface area contributed by atoms with Crippen LogP contribution in [-0.2, 0) is 4.79 Å². The van der Waals surface area contributed by atoms with E-state index >= 15 is 0 Å². The lowest BCUT2D eigenvalue weighted by Gasteiger charge is -2.02. The summed E-state index contributed by atoms with van der Waals surface area (Å²) in [7, 11) is 0. The van der Waals surface area contributed by atoms with Gasteiger partial charge in [0.25, 0.3) is 0 Å². The van der Waals surface area contributed by atoms with E-state index in [0.717, 1.165) is 12.8 Å². The molecule has 0 aliphatic carbocycles. The molecule has 0 N–H and O–H groups in total. The van der Waals surface area contributed by atoms with E-state index in [-0.39, 0.29) is 0 Å². The zero-order chi connectivity index (χ0) is 8.69. The topological polar surface area (TPSA) is 17.1 Å². The van der Waals surface area contributed by atoms with Crippen LogP contribution in [0.3, 0.4) is 0 Å². The highest BCUT2D eigenvalue weighted by atomic mass is 35.5. The van der Waals surface area contributed by atoms with E-state index in [1.165, 1.54) is 12.8 Å². The van der Waals surface area contributed by atoms with Crippen molar-refractivity contribution < 1.29 is 4.79 Å². The van der Waals surface area contributed by atoms with Crippen LogP contribution < -0.4 is 0 Å². The quantitative estimate of drug-likeness (QED) is 0.362. The molecular weight excluding hydrogens is 183 g/mol. The Balaban J connectivity index is 3.17. The van der Waals surface area contributed by atoms with E-state index in [2.05, 4.69) is 6.92 Å². The first-order valence-corrected chi connectivity index (χ1v) is 4.83. The van der Waals surface area contributed by atoms with Gasteiger partial charge in [0.15, 0.2) is 0 Å². The molecule has 0 aliphatic rings. The zero-order valence-electron chi connectivity index (χ0n) is 6.78. The molecule has 0 rings (SSSR count). The summed E-state index contributed by atoms with van der Waals surface area (Å²) in [6.07, 6.45) is 5.26. The largest absolute Gasteiger partial charge is 0.280 e. The molecule has 1 unspecified atom stereocenters. The first-order valence-electron chi connectivity index (χ1n) is 4.02. The summed E-state index contributed by atoms with van der Waals surface area (Å²) in [5, 5.41) is -0.906. The smallest absolute Gasteiger partial charge is 0.239 e. The van der Waals surface area contributed by atoms with Gasteiger partial charge in [-0.1, -0.05) is 32.6 Å². The average Bonchev–Trinajstić information content (AvgIpc) is 1.97. The Morgan fingerprint density at radius 1 is 1.36 bits per heavy atom. The summed E-state index contributed by atoms with van der Waals surface area (Å²) in [6.45, 7) is 2.14. The first kappa shape index (κ1) is 11.2. The van der Waals surface area contributed by atoms with Crippen LogP contribution in [0.25, 0.3) is 0 Å². The predicted octanol–water partition coefficient (Wildman–Crippen LogP) is 3.33. The second-order valence-corrected chi connectivity index (χ2v) is 3.52. The summed E-state index contributed by atoms with van der Waals surface area (Å²) in [6, 6.07) is 0. The third-order valence-corrected chi connectivity index (χ3v) is 2.35. The average molecular weight is 197 g/mol. The van der Waals surface area contributed by atoms with Gasteiger partial charge in [0.1, 0.15) is 5.38 Å². The Hall–Kier alpha value is 0.250. The maximum atomic E-state index is 10.4. The van der Waals surface area contributed by atoms with E-state index in [1.54, 1.807) is 0 Å². The normalized spacial score (nSPS) is 13.0. The zero-order valence-corrected chi connectivity index (χ0v) is 8.29. The summed E-state index contributed by atoms with van der Waals surface area (Å²) in [5.74, 6) is 0. The van der Waals surface area contributed by atoms with E-state index in [4.69, 9.17) is 23.2 Å². The molecule has 0 spiro atoms. The maximum absolute atomic E-state index is 10.4. The Bertz CT molecular complexity index is 115. The Morgan fingerprint density at radius 3 is 2.45 bits per heavy atom. The minimum atomic E-state index is -0.478. The van der Waals surface area contributed by atoms with E-state index in [9.17, 15) is 4.79 Å². The van der Waals surface area contributed by atoms with Gasteiger partial charge in [0, 0.05) is 0 Å². The van der Waals surface area contributed by atoms with Crippen LogP contribution >= 0.6 is 23.2 Å². The highest BCUT2D eigenvalue weighted by Crippen LogP contribution is 2.12. The fourth-order valence-corrected chi connectivity index (χ4v) is 1.13.